The summed E-state index contributed by atoms with van der Waals surface area (Å²) in [6.07, 6.45) is -4.52. The molecule has 0 radical (unpaired) electrons. The zero-order valence-electron chi connectivity index (χ0n) is 12.0. The average Bonchev–Trinajstić information content (AvgIpc) is 2.68. The third kappa shape index (κ3) is 4.01. The van der Waals surface area contributed by atoms with Gasteiger partial charge in [0.15, 0.2) is 0 Å². The molecule has 0 unspecified atom stereocenters. The molecular weight excluding hydrogens is 273 g/mol. The number of rotatable bonds is 1. The number of alkyl halides is 3. The summed E-state index contributed by atoms with van der Waals surface area (Å²) in [5.41, 5.74) is -0.545. The Morgan fingerprint density at radius 3 is 2.00 bits per heavy atom. The normalized spacial score (nSPS) is 27.8. The lowest BCUT2D eigenvalue weighted by molar-refractivity contribution is -0.144. The number of hydrogen-bond donors (Lipinski definition) is 0. The van der Waals surface area contributed by atoms with Gasteiger partial charge in [-0.15, -0.1) is 0 Å². The van der Waals surface area contributed by atoms with Crippen molar-refractivity contribution < 1.29 is 22.7 Å². The third-order valence-electron chi connectivity index (χ3n) is 3.62. The maximum Gasteiger partial charge on any atom is 0.410 e. The second-order valence-electron chi connectivity index (χ2n) is 6.71. The SMILES string of the molecule is CC(C)(C)OC(=O)N1C[C@H]2CN(CC(F)(F)F)C[C@H]2C1. The first-order valence-corrected chi connectivity index (χ1v) is 6.80. The van der Waals surface area contributed by atoms with E-state index in [-0.39, 0.29) is 17.9 Å². The third-order valence-corrected chi connectivity index (χ3v) is 3.62. The zero-order valence-corrected chi connectivity index (χ0v) is 12.0. The van der Waals surface area contributed by atoms with Crippen molar-refractivity contribution in [1.82, 2.24) is 9.80 Å². The summed E-state index contributed by atoms with van der Waals surface area (Å²) in [4.78, 5) is 15.0. The fourth-order valence-corrected chi connectivity index (χ4v) is 2.95. The van der Waals surface area contributed by atoms with Crippen LogP contribution in [0.5, 0.6) is 0 Å². The molecule has 0 aliphatic carbocycles. The Kier molecular flexibility index (Phi) is 3.92. The summed E-state index contributed by atoms with van der Waals surface area (Å²) in [5.74, 6) is 0.259. The molecule has 0 aromatic carbocycles. The zero-order chi connectivity index (χ0) is 15.1. The van der Waals surface area contributed by atoms with E-state index in [1.54, 1.807) is 25.7 Å². The highest BCUT2D eigenvalue weighted by Crippen LogP contribution is 2.33. The first-order valence-electron chi connectivity index (χ1n) is 6.80. The van der Waals surface area contributed by atoms with Crippen LogP contribution in [0.4, 0.5) is 18.0 Å². The Labute approximate surface area is 116 Å². The van der Waals surface area contributed by atoms with Crippen molar-refractivity contribution in [2.75, 3.05) is 32.7 Å². The van der Waals surface area contributed by atoms with E-state index in [0.717, 1.165) is 0 Å². The van der Waals surface area contributed by atoms with Gasteiger partial charge in [-0.3, -0.25) is 4.90 Å². The molecule has 2 atom stereocenters. The van der Waals surface area contributed by atoms with E-state index in [1.165, 1.54) is 4.90 Å². The van der Waals surface area contributed by atoms with Crippen molar-refractivity contribution in [2.24, 2.45) is 11.8 Å². The predicted molar refractivity (Wildman–Crippen MR) is 67.3 cm³/mol. The minimum Gasteiger partial charge on any atom is -0.444 e. The molecule has 2 rings (SSSR count). The Bertz CT molecular complexity index is 365. The van der Waals surface area contributed by atoms with Gasteiger partial charge in [-0.1, -0.05) is 0 Å². The number of amides is 1. The van der Waals surface area contributed by atoms with Crippen LogP contribution in [0.2, 0.25) is 0 Å². The maximum atomic E-state index is 12.3. The van der Waals surface area contributed by atoms with Crippen LogP contribution in [-0.4, -0.2) is 60.4 Å². The van der Waals surface area contributed by atoms with Crippen molar-refractivity contribution in [3.05, 3.63) is 0 Å². The Hall–Kier alpha value is -0.980. The molecule has 2 fully saturated rings. The van der Waals surface area contributed by atoms with Crippen molar-refractivity contribution >= 4 is 6.09 Å². The molecule has 2 heterocycles. The van der Waals surface area contributed by atoms with Gasteiger partial charge in [0.05, 0.1) is 6.54 Å². The lowest BCUT2D eigenvalue weighted by atomic mass is 10.0. The van der Waals surface area contributed by atoms with E-state index >= 15 is 0 Å². The highest BCUT2D eigenvalue weighted by molar-refractivity contribution is 5.68. The molecule has 2 aliphatic rings. The van der Waals surface area contributed by atoms with E-state index in [9.17, 15) is 18.0 Å². The smallest absolute Gasteiger partial charge is 0.410 e. The first-order chi connectivity index (χ1) is 9.03. The predicted octanol–water partition coefficient (Wildman–Crippen LogP) is 2.35. The number of hydrogen-bond acceptors (Lipinski definition) is 3. The van der Waals surface area contributed by atoms with Crippen molar-refractivity contribution in [1.29, 1.82) is 0 Å². The van der Waals surface area contributed by atoms with Gasteiger partial charge in [0.25, 0.3) is 0 Å². The standard InChI is InChI=1S/C13H21F3N2O2/c1-12(2,3)20-11(19)18-6-9-4-17(5-10(9)7-18)8-13(14,15)16/h9-10H,4-8H2,1-3H3/t9-,10+. The quantitative estimate of drug-likeness (QED) is 0.744. The summed E-state index contributed by atoms with van der Waals surface area (Å²) in [7, 11) is 0. The van der Waals surface area contributed by atoms with Crippen molar-refractivity contribution in [3.63, 3.8) is 0 Å². The van der Waals surface area contributed by atoms with Gasteiger partial charge in [0, 0.05) is 26.2 Å². The molecular formula is C13H21F3N2O2. The van der Waals surface area contributed by atoms with Gasteiger partial charge < -0.3 is 9.64 Å². The summed E-state index contributed by atoms with van der Waals surface area (Å²) < 4.78 is 42.3. The Morgan fingerprint density at radius 1 is 1.10 bits per heavy atom. The fourth-order valence-electron chi connectivity index (χ4n) is 2.95. The fraction of sp³-hybridized carbons (Fsp3) is 0.923. The van der Waals surface area contributed by atoms with Crippen LogP contribution in [0.3, 0.4) is 0 Å². The molecule has 7 heteroatoms. The Morgan fingerprint density at radius 2 is 1.60 bits per heavy atom. The Balaban J connectivity index is 1.84. The number of nitrogens with zero attached hydrogens (tertiary/aromatic N) is 2. The molecule has 1 amide bonds. The molecule has 0 N–H and O–H groups in total. The van der Waals surface area contributed by atoms with Crippen LogP contribution in [0.1, 0.15) is 20.8 Å². The van der Waals surface area contributed by atoms with Crippen LogP contribution in [0.15, 0.2) is 0 Å². The van der Waals surface area contributed by atoms with Gasteiger partial charge in [-0.05, 0) is 32.6 Å². The van der Waals surface area contributed by atoms with E-state index in [2.05, 4.69) is 0 Å². The van der Waals surface area contributed by atoms with Gasteiger partial charge in [0.1, 0.15) is 5.60 Å². The van der Waals surface area contributed by atoms with Crippen LogP contribution < -0.4 is 0 Å². The van der Waals surface area contributed by atoms with Gasteiger partial charge >= 0.3 is 12.3 Å². The van der Waals surface area contributed by atoms with Crippen LogP contribution >= 0.6 is 0 Å². The molecule has 0 aromatic rings. The monoisotopic (exact) mass is 294 g/mol. The lowest BCUT2D eigenvalue weighted by Crippen LogP contribution is -2.39. The number of carbonyl (C=O) groups is 1. The molecule has 0 saturated carbocycles. The van der Waals surface area contributed by atoms with Crippen molar-refractivity contribution in [2.45, 2.75) is 32.5 Å². The minimum atomic E-state index is -4.15. The highest BCUT2D eigenvalue weighted by Gasteiger charge is 2.45. The second-order valence-corrected chi connectivity index (χ2v) is 6.71. The molecule has 0 aromatic heterocycles. The maximum absolute atomic E-state index is 12.3. The van der Waals surface area contributed by atoms with Crippen LogP contribution in [0, 0.1) is 11.8 Å². The van der Waals surface area contributed by atoms with Crippen molar-refractivity contribution in [3.8, 4) is 0 Å². The van der Waals surface area contributed by atoms with Gasteiger partial charge in [0.2, 0.25) is 0 Å². The number of halogens is 3. The number of carbonyl (C=O) groups excluding carboxylic acids is 1. The molecule has 20 heavy (non-hydrogen) atoms. The molecule has 0 bridgehead atoms. The molecule has 116 valence electrons. The molecule has 2 aliphatic heterocycles. The summed E-state index contributed by atoms with van der Waals surface area (Å²) >= 11 is 0. The first kappa shape index (κ1) is 15.4. The van der Waals surface area contributed by atoms with Crippen LogP contribution in [0.25, 0.3) is 0 Å². The van der Waals surface area contributed by atoms with Crippen LogP contribution in [-0.2, 0) is 4.74 Å². The number of ether oxygens (including phenoxy) is 1. The molecule has 4 nitrogen and oxygen atoms in total. The highest BCUT2D eigenvalue weighted by atomic mass is 19.4. The van der Waals surface area contributed by atoms with Gasteiger partial charge in [-0.2, -0.15) is 13.2 Å². The molecule has 0 spiro atoms. The average molecular weight is 294 g/mol. The second kappa shape index (κ2) is 5.09. The lowest BCUT2D eigenvalue weighted by Gasteiger charge is -2.26. The topological polar surface area (TPSA) is 32.8 Å². The molecule has 2 saturated heterocycles. The van der Waals surface area contributed by atoms with E-state index < -0.39 is 18.3 Å². The van der Waals surface area contributed by atoms with Gasteiger partial charge in [-0.25, -0.2) is 4.79 Å². The summed E-state index contributed by atoms with van der Waals surface area (Å²) in [6, 6.07) is 0. The summed E-state index contributed by atoms with van der Waals surface area (Å²) in [6.45, 7) is 6.34. The number of likely N-dealkylation sites (tertiary alicyclic amines) is 2. The number of fused-ring (bicyclic) bond motifs is 1. The van der Waals surface area contributed by atoms with E-state index in [0.29, 0.717) is 26.2 Å². The summed E-state index contributed by atoms with van der Waals surface area (Å²) in [5, 5.41) is 0. The largest absolute Gasteiger partial charge is 0.444 e. The minimum absolute atomic E-state index is 0.130. The van der Waals surface area contributed by atoms with E-state index in [4.69, 9.17) is 4.74 Å². The van der Waals surface area contributed by atoms with E-state index in [1.807, 2.05) is 0 Å².